The normalized spacial score (nSPS) is 13.6. The largest absolute Gasteiger partial charge is 0.454 e. The third-order valence-corrected chi connectivity index (χ3v) is 3.67. The molecule has 0 spiro atoms. The average Bonchev–Trinajstić information content (AvgIpc) is 2.76. The second-order valence-corrected chi connectivity index (χ2v) is 5.14. The highest BCUT2D eigenvalue weighted by molar-refractivity contribution is 7.89. The van der Waals surface area contributed by atoms with E-state index in [4.69, 9.17) is 9.47 Å². The van der Waals surface area contributed by atoms with Crippen molar-refractivity contribution in [3.05, 3.63) is 18.2 Å². The van der Waals surface area contributed by atoms with Crippen molar-refractivity contribution in [1.29, 1.82) is 0 Å². The summed E-state index contributed by atoms with van der Waals surface area (Å²) >= 11 is 0. The maximum atomic E-state index is 11.8. The van der Waals surface area contributed by atoms with Crippen molar-refractivity contribution in [3.8, 4) is 11.5 Å². The van der Waals surface area contributed by atoms with Crippen LogP contribution in [0.5, 0.6) is 11.5 Å². The summed E-state index contributed by atoms with van der Waals surface area (Å²) in [5.74, 6) is 0.931. The molecule has 0 fully saturated rings. The lowest BCUT2D eigenvalue weighted by molar-refractivity contribution is -0.107. The maximum absolute atomic E-state index is 11.8. The maximum Gasteiger partial charge on any atom is 0.240 e. The fraction of sp³-hybridized carbons (Fsp3) is 0.300. The first-order chi connectivity index (χ1) is 8.13. The number of carbonyl (C=O) groups is 1. The number of carbonyl (C=O) groups excluding carboxylic acids is 1. The molecule has 0 amide bonds. The first-order valence-electron chi connectivity index (χ1n) is 4.96. The molecule has 1 aromatic carbocycles. The van der Waals surface area contributed by atoms with Gasteiger partial charge in [-0.1, -0.05) is 0 Å². The highest BCUT2D eigenvalue weighted by Gasteiger charge is 2.19. The fourth-order valence-corrected chi connectivity index (χ4v) is 2.44. The number of hydrogen-bond acceptors (Lipinski definition) is 5. The van der Waals surface area contributed by atoms with Crippen molar-refractivity contribution < 1.29 is 22.7 Å². The van der Waals surface area contributed by atoms with Gasteiger partial charge in [-0.25, -0.2) is 13.1 Å². The van der Waals surface area contributed by atoms with E-state index < -0.39 is 10.0 Å². The molecule has 92 valence electrons. The Bertz CT molecular complexity index is 525. The Morgan fingerprint density at radius 3 is 2.82 bits per heavy atom. The molecule has 0 radical (unpaired) electrons. The van der Waals surface area contributed by atoms with Gasteiger partial charge < -0.3 is 14.3 Å². The number of benzene rings is 1. The van der Waals surface area contributed by atoms with Gasteiger partial charge in [0.25, 0.3) is 0 Å². The Kier molecular flexibility index (Phi) is 3.30. The molecule has 1 heterocycles. The second-order valence-electron chi connectivity index (χ2n) is 3.37. The first-order valence-corrected chi connectivity index (χ1v) is 6.45. The Balaban J connectivity index is 2.18. The molecule has 1 aromatic rings. The van der Waals surface area contributed by atoms with Gasteiger partial charge in [-0.2, -0.15) is 0 Å². The van der Waals surface area contributed by atoms with Crippen LogP contribution in [0.3, 0.4) is 0 Å². The molecule has 6 nitrogen and oxygen atoms in total. The predicted molar refractivity (Wildman–Crippen MR) is 58.4 cm³/mol. The zero-order chi connectivity index (χ0) is 12.3. The van der Waals surface area contributed by atoms with Gasteiger partial charge in [0, 0.05) is 19.0 Å². The number of ether oxygens (including phenoxy) is 2. The van der Waals surface area contributed by atoms with Crippen molar-refractivity contribution in [2.45, 2.75) is 11.3 Å². The molecular formula is C10H11NO5S. The van der Waals surface area contributed by atoms with Crippen molar-refractivity contribution in [3.63, 3.8) is 0 Å². The predicted octanol–water partition coefficient (Wildman–Crippen LogP) is 0.283. The van der Waals surface area contributed by atoms with Crippen LogP contribution in [0.15, 0.2) is 23.1 Å². The van der Waals surface area contributed by atoms with E-state index in [9.17, 15) is 13.2 Å². The highest BCUT2D eigenvalue weighted by Crippen LogP contribution is 2.33. The highest BCUT2D eigenvalue weighted by atomic mass is 32.2. The number of rotatable bonds is 5. The van der Waals surface area contributed by atoms with Crippen molar-refractivity contribution in [1.82, 2.24) is 4.72 Å². The lowest BCUT2D eigenvalue weighted by atomic mass is 10.3. The molecule has 0 unspecified atom stereocenters. The van der Waals surface area contributed by atoms with Crippen LogP contribution in [0.4, 0.5) is 0 Å². The van der Waals surface area contributed by atoms with Gasteiger partial charge in [0.1, 0.15) is 6.29 Å². The van der Waals surface area contributed by atoms with Crippen LogP contribution in [0.1, 0.15) is 6.42 Å². The lowest BCUT2D eigenvalue weighted by Crippen LogP contribution is -2.24. The molecule has 0 atom stereocenters. The van der Waals surface area contributed by atoms with Crippen LogP contribution in [-0.2, 0) is 14.8 Å². The minimum absolute atomic E-state index is 0.0836. The Labute approximate surface area is 98.6 Å². The molecule has 2 rings (SSSR count). The van der Waals surface area contributed by atoms with Gasteiger partial charge in [0.2, 0.25) is 16.8 Å². The van der Waals surface area contributed by atoms with Gasteiger partial charge in [-0.15, -0.1) is 0 Å². The summed E-state index contributed by atoms with van der Waals surface area (Å²) < 4.78 is 36.0. The third kappa shape index (κ3) is 2.56. The standard InChI is InChI=1S/C10H11NO5S/c12-5-1-4-11-17(13,14)8-2-3-9-10(6-8)16-7-15-9/h2-3,5-6,11H,1,4,7H2. The van der Waals surface area contributed by atoms with Gasteiger partial charge >= 0.3 is 0 Å². The molecule has 1 N–H and O–H groups in total. The zero-order valence-electron chi connectivity index (χ0n) is 8.88. The summed E-state index contributed by atoms with van der Waals surface area (Å²) in [4.78, 5) is 10.2. The lowest BCUT2D eigenvalue weighted by Gasteiger charge is -2.05. The summed E-state index contributed by atoms with van der Waals surface area (Å²) in [5, 5.41) is 0. The van der Waals surface area contributed by atoms with Crippen LogP contribution < -0.4 is 14.2 Å². The van der Waals surface area contributed by atoms with E-state index in [2.05, 4.69) is 4.72 Å². The van der Waals surface area contributed by atoms with Crippen LogP contribution in [0.25, 0.3) is 0 Å². The molecule has 0 saturated carbocycles. The van der Waals surface area contributed by atoms with E-state index in [-0.39, 0.29) is 24.7 Å². The smallest absolute Gasteiger partial charge is 0.240 e. The van der Waals surface area contributed by atoms with E-state index in [1.165, 1.54) is 18.2 Å². The quantitative estimate of drug-likeness (QED) is 0.605. The van der Waals surface area contributed by atoms with Crippen LogP contribution >= 0.6 is 0 Å². The summed E-state index contributed by atoms with van der Waals surface area (Å²) in [7, 11) is -3.60. The summed E-state index contributed by atoms with van der Waals surface area (Å²) in [6.07, 6.45) is 0.798. The number of sulfonamides is 1. The van der Waals surface area contributed by atoms with E-state index in [0.717, 1.165) is 0 Å². The monoisotopic (exact) mass is 257 g/mol. The van der Waals surface area contributed by atoms with Crippen LogP contribution in [0, 0.1) is 0 Å². The first kappa shape index (κ1) is 11.9. The SMILES string of the molecule is O=CCCNS(=O)(=O)c1ccc2c(c1)OCO2. The number of hydrogen-bond donors (Lipinski definition) is 1. The van der Waals surface area contributed by atoms with E-state index >= 15 is 0 Å². The molecule has 1 aliphatic heterocycles. The molecule has 0 aliphatic carbocycles. The average molecular weight is 257 g/mol. The Hall–Kier alpha value is -1.60. The zero-order valence-corrected chi connectivity index (χ0v) is 9.70. The van der Waals surface area contributed by atoms with E-state index in [1.54, 1.807) is 0 Å². The fourth-order valence-electron chi connectivity index (χ4n) is 1.38. The van der Waals surface area contributed by atoms with Gasteiger partial charge in [-0.05, 0) is 12.1 Å². The number of nitrogens with one attached hydrogen (secondary N) is 1. The number of fused-ring (bicyclic) bond motifs is 1. The topological polar surface area (TPSA) is 81.7 Å². The minimum atomic E-state index is -3.60. The van der Waals surface area contributed by atoms with Gasteiger partial charge in [0.15, 0.2) is 11.5 Å². The van der Waals surface area contributed by atoms with Crippen molar-refractivity contribution in [2.24, 2.45) is 0 Å². The molecule has 17 heavy (non-hydrogen) atoms. The van der Waals surface area contributed by atoms with Gasteiger partial charge in [0.05, 0.1) is 4.90 Å². The van der Waals surface area contributed by atoms with Gasteiger partial charge in [-0.3, -0.25) is 0 Å². The molecule has 7 heteroatoms. The minimum Gasteiger partial charge on any atom is -0.454 e. The van der Waals surface area contributed by atoms with Crippen molar-refractivity contribution in [2.75, 3.05) is 13.3 Å². The van der Waals surface area contributed by atoms with Crippen LogP contribution in [0.2, 0.25) is 0 Å². The molecule has 1 aliphatic rings. The van der Waals surface area contributed by atoms with E-state index in [0.29, 0.717) is 17.8 Å². The van der Waals surface area contributed by atoms with E-state index in [1.807, 2.05) is 0 Å². The number of aldehydes is 1. The summed E-state index contributed by atoms with van der Waals surface area (Å²) in [6, 6.07) is 4.36. The molecule has 0 aromatic heterocycles. The van der Waals surface area contributed by atoms with Crippen molar-refractivity contribution >= 4 is 16.3 Å². The molecular weight excluding hydrogens is 246 g/mol. The molecule has 0 bridgehead atoms. The molecule has 0 saturated heterocycles. The summed E-state index contributed by atoms with van der Waals surface area (Å²) in [5.41, 5.74) is 0. The summed E-state index contributed by atoms with van der Waals surface area (Å²) in [6.45, 7) is 0.178. The second kappa shape index (κ2) is 4.72. The Morgan fingerprint density at radius 2 is 2.06 bits per heavy atom. The third-order valence-electron chi connectivity index (χ3n) is 2.21. The van der Waals surface area contributed by atoms with Crippen LogP contribution in [-0.4, -0.2) is 28.0 Å². The Morgan fingerprint density at radius 1 is 1.29 bits per heavy atom.